The van der Waals surface area contributed by atoms with Gasteiger partial charge < -0.3 is 0 Å². The third-order valence-electron chi connectivity index (χ3n) is 10.6. The van der Waals surface area contributed by atoms with Crippen molar-refractivity contribution < 1.29 is 0 Å². The molecule has 0 aromatic rings. The molecule has 0 aliphatic heterocycles. The summed E-state index contributed by atoms with van der Waals surface area (Å²) in [4.78, 5) is 0. The quantitative estimate of drug-likeness (QED) is 0.301. The molecule has 28 heavy (non-hydrogen) atoms. The van der Waals surface area contributed by atoms with Crippen molar-refractivity contribution in [3.63, 3.8) is 0 Å². The average Bonchev–Trinajstić information content (AvgIpc) is 2.59. The Balaban J connectivity index is 1.33. The van der Waals surface area contributed by atoms with Crippen molar-refractivity contribution in [1.82, 2.24) is 0 Å². The summed E-state index contributed by atoms with van der Waals surface area (Å²) in [5.41, 5.74) is 0. The molecule has 0 spiro atoms. The van der Waals surface area contributed by atoms with Gasteiger partial charge in [-0.05, 0) is 148 Å². The highest BCUT2D eigenvalue weighted by atomic mass is 31.1. The minimum absolute atomic E-state index is 0.214. The van der Waals surface area contributed by atoms with Crippen molar-refractivity contribution in [2.75, 3.05) is 6.16 Å². The van der Waals surface area contributed by atoms with Gasteiger partial charge in [-0.25, -0.2) is 0 Å². The van der Waals surface area contributed by atoms with E-state index in [0.29, 0.717) is 0 Å². The van der Waals surface area contributed by atoms with E-state index in [0.717, 1.165) is 51.7 Å². The van der Waals surface area contributed by atoms with Gasteiger partial charge in [-0.15, -0.1) is 6.58 Å². The maximum absolute atomic E-state index is 4.04. The molecular weight excluding hydrogens is 355 g/mol. The maximum Gasteiger partial charge on any atom is -0.00815 e. The van der Waals surface area contributed by atoms with Crippen LogP contribution >= 0.6 is 7.92 Å². The van der Waals surface area contributed by atoms with Crippen molar-refractivity contribution in [2.45, 2.75) is 107 Å². The van der Waals surface area contributed by atoms with Crippen molar-refractivity contribution in [1.29, 1.82) is 0 Å². The van der Waals surface area contributed by atoms with Crippen molar-refractivity contribution in [2.24, 2.45) is 41.4 Å². The highest BCUT2D eigenvalue weighted by Crippen LogP contribution is 2.78. The molecule has 8 bridgehead atoms. The second kappa shape index (κ2) is 6.84. The minimum Gasteiger partial charge on any atom is -0.103 e. The SMILES string of the molecule is C=CCC(C)CCP(C12CC3CC(CC(C3)C1)C2)C12CC3CC(CC(C3)C1)C2. The number of allylic oxidation sites excluding steroid dienone is 1. The van der Waals surface area contributed by atoms with Gasteiger partial charge in [0.25, 0.3) is 0 Å². The Bertz CT molecular complexity index is 503. The summed E-state index contributed by atoms with van der Waals surface area (Å²) in [6, 6.07) is 0. The maximum atomic E-state index is 4.04. The minimum atomic E-state index is 0.214. The Morgan fingerprint density at radius 2 is 1.11 bits per heavy atom. The molecule has 0 saturated heterocycles. The van der Waals surface area contributed by atoms with E-state index >= 15 is 0 Å². The largest absolute Gasteiger partial charge is 0.103 e. The molecule has 156 valence electrons. The first kappa shape index (κ1) is 18.9. The van der Waals surface area contributed by atoms with Crippen molar-refractivity contribution in [3.05, 3.63) is 12.7 Å². The molecule has 0 aromatic heterocycles. The van der Waals surface area contributed by atoms with Gasteiger partial charge in [-0.2, -0.15) is 0 Å². The zero-order valence-electron chi connectivity index (χ0n) is 18.4. The predicted molar refractivity (Wildman–Crippen MR) is 122 cm³/mol. The van der Waals surface area contributed by atoms with Gasteiger partial charge in [0.05, 0.1) is 0 Å². The van der Waals surface area contributed by atoms with Crippen LogP contribution in [0.3, 0.4) is 0 Å². The predicted octanol–water partition coefficient (Wildman–Crippen LogP) is 8.01. The Hall–Kier alpha value is 0.170. The molecule has 1 unspecified atom stereocenters. The Morgan fingerprint density at radius 1 is 0.750 bits per heavy atom. The fourth-order valence-corrected chi connectivity index (χ4v) is 16.0. The first-order valence-corrected chi connectivity index (χ1v) is 14.5. The van der Waals surface area contributed by atoms with Gasteiger partial charge in [-0.3, -0.25) is 0 Å². The molecular formula is C27H43P. The topological polar surface area (TPSA) is 0 Å². The summed E-state index contributed by atoms with van der Waals surface area (Å²) < 4.78 is 0. The fraction of sp³-hybridized carbons (Fsp3) is 0.926. The molecule has 0 N–H and O–H groups in total. The van der Waals surface area contributed by atoms with E-state index in [1.807, 2.05) is 0 Å². The highest BCUT2D eigenvalue weighted by molar-refractivity contribution is 7.61. The van der Waals surface area contributed by atoms with Crippen LogP contribution in [0.2, 0.25) is 0 Å². The summed E-state index contributed by atoms with van der Waals surface area (Å²) in [5.74, 6) is 7.68. The molecule has 1 atom stereocenters. The van der Waals surface area contributed by atoms with Gasteiger partial charge in [0.15, 0.2) is 0 Å². The Labute approximate surface area is 175 Å². The summed E-state index contributed by atoms with van der Waals surface area (Å²) in [5, 5.41) is 1.67. The zero-order chi connectivity index (χ0) is 18.9. The van der Waals surface area contributed by atoms with Crippen LogP contribution in [-0.4, -0.2) is 16.5 Å². The van der Waals surface area contributed by atoms with Crippen LogP contribution in [0.25, 0.3) is 0 Å². The van der Waals surface area contributed by atoms with Gasteiger partial charge in [0.1, 0.15) is 0 Å². The second-order valence-corrected chi connectivity index (χ2v) is 16.1. The molecule has 8 aliphatic rings. The molecule has 0 radical (unpaired) electrons. The van der Waals surface area contributed by atoms with E-state index in [1.54, 1.807) is 83.2 Å². The van der Waals surface area contributed by atoms with E-state index in [4.69, 9.17) is 0 Å². The molecule has 1 heteroatoms. The van der Waals surface area contributed by atoms with E-state index in [-0.39, 0.29) is 7.92 Å². The normalized spacial score (nSPS) is 52.8. The standard InChI is InChI=1S/C27H43P/c1-3-4-19(2)5-6-28(26-13-20-7-21(14-26)9-22(8-20)15-26)27-16-23-10-24(17-27)12-25(11-23)18-27/h3,19-25H,1,4-18H2,2H3. The first-order chi connectivity index (χ1) is 13.6. The van der Waals surface area contributed by atoms with Gasteiger partial charge in [0.2, 0.25) is 0 Å². The van der Waals surface area contributed by atoms with Crippen molar-refractivity contribution >= 4 is 7.92 Å². The molecule has 8 fully saturated rings. The zero-order valence-corrected chi connectivity index (χ0v) is 19.3. The molecule has 0 aromatic carbocycles. The number of rotatable bonds is 7. The molecule has 8 aliphatic carbocycles. The number of hydrogen-bond acceptors (Lipinski definition) is 0. The monoisotopic (exact) mass is 398 g/mol. The third-order valence-corrected chi connectivity index (χ3v) is 14.7. The first-order valence-electron chi connectivity index (χ1n) is 12.9. The van der Waals surface area contributed by atoms with E-state index in [2.05, 4.69) is 19.6 Å². The summed E-state index contributed by atoms with van der Waals surface area (Å²) in [7, 11) is 0.214. The lowest BCUT2D eigenvalue weighted by Crippen LogP contribution is -2.56. The lowest BCUT2D eigenvalue weighted by atomic mass is 9.55. The Kier molecular flexibility index (Phi) is 4.62. The average molecular weight is 399 g/mol. The third kappa shape index (κ3) is 3.01. The van der Waals surface area contributed by atoms with Crippen LogP contribution in [0, 0.1) is 41.4 Å². The molecule has 0 nitrogen and oxygen atoms in total. The van der Waals surface area contributed by atoms with E-state index in [9.17, 15) is 0 Å². The Morgan fingerprint density at radius 3 is 1.43 bits per heavy atom. The van der Waals surface area contributed by atoms with E-state index in [1.165, 1.54) is 12.8 Å². The van der Waals surface area contributed by atoms with Crippen LogP contribution in [0.5, 0.6) is 0 Å². The lowest BCUT2D eigenvalue weighted by Gasteiger charge is -2.67. The summed E-state index contributed by atoms with van der Waals surface area (Å²) in [6.07, 6.45) is 26.3. The van der Waals surface area contributed by atoms with Gasteiger partial charge >= 0.3 is 0 Å². The van der Waals surface area contributed by atoms with Crippen LogP contribution < -0.4 is 0 Å². The van der Waals surface area contributed by atoms with Crippen molar-refractivity contribution in [3.8, 4) is 0 Å². The molecule has 8 rings (SSSR count). The van der Waals surface area contributed by atoms with Crippen LogP contribution in [0.15, 0.2) is 12.7 Å². The second-order valence-electron chi connectivity index (χ2n) is 12.9. The van der Waals surface area contributed by atoms with Gasteiger partial charge in [0, 0.05) is 0 Å². The molecule has 0 heterocycles. The highest BCUT2D eigenvalue weighted by Gasteiger charge is 2.62. The fourth-order valence-electron chi connectivity index (χ4n) is 10.5. The van der Waals surface area contributed by atoms with E-state index < -0.39 is 0 Å². The van der Waals surface area contributed by atoms with Crippen LogP contribution in [0.4, 0.5) is 0 Å². The van der Waals surface area contributed by atoms with Gasteiger partial charge in [-0.1, -0.05) is 20.9 Å². The lowest BCUT2D eigenvalue weighted by molar-refractivity contribution is 0.0184. The number of hydrogen-bond donors (Lipinski definition) is 0. The molecule has 8 saturated carbocycles. The summed E-state index contributed by atoms with van der Waals surface area (Å²) >= 11 is 0. The van der Waals surface area contributed by atoms with Crippen LogP contribution in [-0.2, 0) is 0 Å². The molecule has 0 amide bonds. The smallest absolute Gasteiger partial charge is 0.00815 e. The van der Waals surface area contributed by atoms with Crippen LogP contribution in [0.1, 0.15) is 96.8 Å². The summed E-state index contributed by atoms with van der Waals surface area (Å²) in [6.45, 7) is 6.55.